The SMILES string of the molecule is CC(C)CN1CCN(c2ccc(-c3ccc(Cl)cc3N3CCCC(n4ncc(C(=O)O)c4C(F)(F)F)C3)cc2)CC1. The van der Waals surface area contributed by atoms with Crippen LogP contribution in [-0.2, 0) is 6.18 Å². The molecular weight excluding hydrogens is 555 g/mol. The number of benzene rings is 2. The molecule has 2 aliphatic heterocycles. The zero-order chi connectivity index (χ0) is 29.3. The summed E-state index contributed by atoms with van der Waals surface area (Å²) < 4.78 is 42.5. The van der Waals surface area contributed by atoms with Crippen LogP contribution in [0.25, 0.3) is 11.1 Å². The minimum atomic E-state index is -4.84. The largest absolute Gasteiger partial charge is 0.478 e. The average molecular weight is 590 g/mol. The molecule has 2 aliphatic rings. The van der Waals surface area contributed by atoms with Crippen molar-refractivity contribution < 1.29 is 23.1 Å². The van der Waals surface area contributed by atoms with E-state index in [4.69, 9.17) is 11.6 Å². The Hall–Kier alpha value is -3.24. The molecule has 3 aromatic rings. The topological polar surface area (TPSA) is 64.8 Å². The van der Waals surface area contributed by atoms with Gasteiger partial charge in [0.15, 0.2) is 5.69 Å². The van der Waals surface area contributed by atoms with Crippen molar-refractivity contribution in [1.29, 1.82) is 0 Å². The van der Waals surface area contributed by atoms with Gasteiger partial charge in [0.25, 0.3) is 0 Å². The van der Waals surface area contributed by atoms with Crippen LogP contribution >= 0.6 is 11.6 Å². The molecule has 1 atom stereocenters. The molecule has 0 radical (unpaired) electrons. The number of carboxylic acid groups (broad SMARTS) is 1. The lowest BCUT2D eigenvalue weighted by atomic mass is 9.99. The summed E-state index contributed by atoms with van der Waals surface area (Å²) in [7, 11) is 0. The lowest BCUT2D eigenvalue weighted by molar-refractivity contribution is -0.145. The summed E-state index contributed by atoms with van der Waals surface area (Å²) in [5, 5.41) is 13.7. The predicted molar refractivity (Wildman–Crippen MR) is 155 cm³/mol. The first kappa shape index (κ1) is 29.3. The van der Waals surface area contributed by atoms with E-state index < -0.39 is 29.4 Å². The number of halogens is 4. The van der Waals surface area contributed by atoms with Crippen molar-refractivity contribution >= 4 is 28.9 Å². The summed E-state index contributed by atoms with van der Waals surface area (Å²) in [5.74, 6) is -0.993. The number of hydrogen-bond acceptors (Lipinski definition) is 5. The average Bonchev–Trinajstić information content (AvgIpc) is 3.40. The van der Waals surface area contributed by atoms with Gasteiger partial charge in [0, 0.05) is 67.8 Å². The second-order valence-corrected chi connectivity index (χ2v) is 11.7. The quantitative estimate of drug-likeness (QED) is 0.338. The molecule has 11 heteroatoms. The molecule has 41 heavy (non-hydrogen) atoms. The number of piperazine rings is 1. The Morgan fingerprint density at radius 2 is 1.76 bits per heavy atom. The van der Waals surface area contributed by atoms with Crippen molar-refractivity contribution in [3.8, 4) is 11.1 Å². The van der Waals surface area contributed by atoms with Crippen LogP contribution < -0.4 is 9.80 Å². The van der Waals surface area contributed by atoms with Crippen LogP contribution in [0.15, 0.2) is 48.7 Å². The Morgan fingerprint density at radius 1 is 1.05 bits per heavy atom. The first-order chi connectivity index (χ1) is 19.5. The standard InChI is InChI=1S/C30H35ClF3N5O2/c1-20(2)18-36-12-14-37(15-13-36)23-8-5-21(6-9-23)25-10-7-22(31)16-27(25)38-11-3-4-24(19-38)39-28(30(32,33)34)26(17-35-39)29(40)41/h5-10,16-17,20,24H,3-4,11-15,18-19H2,1-2H3,(H,40,41). The van der Waals surface area contributed by atoms with Gasteiger partial charge in [0.1, 0.15) is 5.56 Å². The van der Waals surface area contributed by atoms with E-state index in [-0.39, 0.29) is 6.54 Å². The van der Waals surface area contributed by atoms with Gasteiger partial charge < -0.3 is 14.9 Å². The molecule has 1 N–H and O–H groups in total. The number of carboxylic acids is 1. The molecule has 0 spiro atoms. The first-order valence-corrected chi connectivity index (χ1v) is 14.4. The van der Waals surface area contributed by atoms with Crippen molar-refractivity contribution in [2.24, 2.45) is 5.92 Å². The summed E-state index contributed by atoms with van der Waals surface area (Å²) in [5.41, 5.74) is 1.87. The van der Waals surface area contributed by atoms with Gasteiger partial charge in [0.05, 0.1) is 12.2 Å². The van der Waals surface area contributed by atoms with Gasteiger partial charge in [-0.25, -0.2) is 4.79 Å². The lowest BCUT2D eigenvalue weighted by Crippen LogP contribution is -2.47. The van der Waals surface area contributed by atoms with Crippen molar-refractivity contribution in [3.63, 3.8) is 0 Å². The van der Waals surface area contributed by atoms with Gasteiger partial charge in [-0.2, -0.15) is 18.3 Å². The molecule has 3 heterocycles. The number of hydrogen-bond donors (Lipinski definition) is 1. The molecule has 0 saturated carbocycles. The van der Waals surface area contributed by atoms with Crippen molar-refractivity contribution in [2.45, 2.75) is 38.9 Å². The Balaban J connectivity index is 1.37. The Labute approximate surface area is 243 Å². The molecule has 0 amide bonds. The van der Waals surface area contributed by atoms with E-state index in [1.165, 1.54) is 5.69 Å². The summed E-state index contributed by atoms with van der Waals surface area (Å²) in [6.45, 7) is 10.5. The number of piperidine rings is 1. The van der Waals surface area contributed by atoms with E-state index in [1.54, 1.807) is 0 Å². The third-order valence-corrected chi connectivity index (χ3v) is 8.11. The van der Waals surface area contributed by atoms with Crippen LogP contribution in [0.5, 0.6) is 0 Å². The highest BCUT2D eigenvalue weighted by Crippen LogP contribution is 2.39. The fourth-order valence-corrected chi connectivity index (χ4v) is 6.19. The molecule has 2 saturated heterocycles. The molecule has 0 aliphatic carbocycles. The number of aromatic nitrogens is 2. The fourth-order valence-electron chi connectivity index (χ4n) is 6.02. The van der Waals surface area contributed by atoms with E-state index in [0.717, 1.165) is 60.4 Å². The van der Waals surface area contributed by atoms with Gasteiger partial charge >= 0.3 is 12.1 Å². The van der Waals surface area contributed by atoms with E-state index >= 15 is 0 Å². The molecule has 0 bridgehead atoms. The molecule has 1 aromatic heterocycles. The summed E-state index contributed by atoms with van der Waals surface area (Å²) >= 11 is 6.40. The number of aromatic carboxylic acids is 1. The monoisotopic (exact) mass is 589 g/mol. The van der Waals surface area contributed by atoms with E-state index in [1.807, 2.05) is 23.1 Å². The van der Waals surface area contributed by atoms with Gasteiger partial charge in [0.2, 0.25) is 0 Å². The molecule has 1 unspecified atom stereocenters. The molecule has 7 nitrogen and oxygen atoms in total. The van der Waals surface area contributed by atoms with Gasteiger partial charge in [-0.15, -0.1) is 0 Å². The molecular formula is C30H35ClF3N5O2. The van der Waals surface area contributed by atoms with Crippen molar-refractivity contribution in [2.75, 3.05) is 55.6 Å². The van der Waals surface area contributed by atoms with E-state index in [9.17, 15) is 23.1 Å². The maximum Gasteiger partial charge on any atom is 0.433 e. The van der Waals surface area contributed by atoms with E-state index in [2.05, 4.69) is 53.0 Å². The summed E-state index contributed by atoms with van der Waals surface area (Å²) in [6, 6.07) is 13.4. The molecule has 5 rings (SSSR count). The van der Waals surface area contributed by atoms with Gasteiger partial charge in [-0.05, 0) is 48.6 Å². The van der Waals surface area contributed by atoms with Crippen LogP contribution in [0.2, 0.25) is 5.02 Å². The lowest BCUT2D eigenvalue weighted by Gasteiger charge is -2.37. The Kier molecular flexibility index (Phi) is 8.52. The van der Waals surface area contributed by atoms with Crippen LogP contribution in [0, 0.1) is 5.92 Å². The van der Waals surface area contributed by atoms with Crippen LogP contribution in [-0.4, -0.2) is 71.6 Å². The molecule has 2 aromatic carbocycles. The third kappa shape index (κ3) is 6.48. The highest BCUT2D eigenvalue weighted by molar-refractivity contribution is 6.31. The molecule has 2 fully saturated rings. The zero-order valence-electron chi connectivity index (χ0n) is 23.2. The number of alkyl halides is 3. The van der Waals surface area contributed by atoms with Gasteiger partial charge in [-0.3, -0.25) is 9.58 Å². The molecule has 220 valence electrons. The Morgan fingerprint density at radius 3 is 2.39 bits per heavy atom. The number of nitrogens with zero attached hydrogens (tertiary/aromatic N) is 5. The van der Waals surface area contributed by atoms with Crippen LogP contribution in [0.1, 0.15) is 48.8 Å². The number of rotatable bonds is 7. The Bertz CT molecular complexity index is 1370. The maximum atomic E-state index is 13.9. The second-order valence-electron chi connectivity index (χ2n) is 11.3. The zero-order valence-corrected chi connectivity index (χ0v) is 24.0. The third-order valence-electron chi connectivity index (χ3n) is 7.88. The first-order valence-electron chi connectivity index (χ1n) is 14.0. The minimum Gasteiger partial charge on any atom is -0.478 e. The normalized spacial score (nSPS) is 18.8. The van der Waals surface area contributed by atoms with Crippen LogP contribution in [0.3, 0.4) is 0 Å². The summed E-state index contributed by atoms with van der Waals surface area (Å²) in [6.07, 6.45) is -2.97. The minimum absolute atomic E-state index is 0.246. The van der Waals surface area contributed by atoms with E-state index in [0.29, 0.717) is 30.3 Å². The highest BCUT2D eigenvalue weighted by atomic mass is 35.5. The highest BCUT2D eigenvalue weighted by Gasteiger charge is 2.42. The number of carbonyl (C=O) groups is 1. The summed E-state index contributed by atoms with van der Waals surface area (Å²) in [4.78, 5) is 18.4. The van der Waals surface area contributed by atoms with Crippen LogP contribution in [0.4, 0.5) is 24.5 Å². The maximum absolute atomic E-state index is 13.9. The van der Waals surface area contributed by atoms with Gasteiger partial charge in [-0.1, -0.05) is 43.6 Å². The second kappa shape index (κ2) is 11.9. The van der Waals surface area contributed by atoms with Crippen molar-refractivity contribution in [3.05, 3.63) is 64.9 Å². The smallest absolute Gasteiger partial charge is 0.433 e. The predicted octanol–water partition coefficient (Wildman–Crippen LogP) is 6.54. The number of anilines is 2. The fraction of sp³-hybridized carbons (Fsp3) is 0.467. The van der Waals surface area contributed by atoms with Crippen molar-refractivity contribution in [1.82, 2.24) is 14.7 Å².